The van der Waals surface area contributed by atoms with Crippen molar-refractivity contribution in [1.29, 1.82) is 0 Å². The molecule has 0 atom stereocenters. The van der Waals surface area contributed by atoms with Gasteiger partial charge in [-0.2, -0.15) is 0 Å². The summed E-state index contributed by atoms with van der Waals surface area (Å²) in [6, 6.07) is 11.9. The average Bonchev–Trinajstić information content (AvgIpc) is 3.24. The van der Waals surface area contributed by atoms with Crippen molar-refractivity contribution < 1.29 is 14.3 Å². The SMILES string of the molecule is CCOC(Cn1cc(C(=O)N(Cc2cccnc2)Cc2ccccc2C)nn1)OCC. The van der Waals surface area contributed by atoms with Crippen LogP contribution in [0.1, 0.15) is 41.0 Å². The van der Waals surface area contributed by atoms with Crippen molar-refractivity contribution in [1.82, 2.24) is 24.9 Å². The molecule has 2 heterocycles. The third-order valence-corrected chi connectivity index (χ3v) is 4.80. The van der Waals surface area contributed by atoms with E-state index < -0.39 is 6.29 Å². The Morgan fingerprint density at radius 2 is 1.87 bits per heavy atom. The smallest absolute Gasteiger partial charge is 0.276 e. The van der Waals surface area contributed by atoms with Crippen LogP contribution in [0, 0.1) is 6.92 Å². The lowest BCUT2D eigenvalue weighted by Gasteiger charge is -2.23. The Hall–Kier alpha value is -3.10. The number of pyridine rings is 1. The summed E-state index contributed by atoms with van der Waals surface area (Å²) in [6.45, 7) is 8.17. The molecule has 0 aliphatic rings. The summed E-state index contributed by atoms with van der Waals surface area (Å²) in [5.74, 6) is -0.192. The average molecular weight is 424 g/mol. The first-order valence-corrected chi connectivity index (χ1v) is 10.5. The molecule has 1 amide bonds. The van der Waals surface area contributed by atoms with Crippen LogP contribution in [0.4, 0.5) is 0 Å². The second-order valence-corrected chi connectivity index (χ2v) is 7.12. The van der Waals surface area contributed by atoms with Gasteiger partial charge in [0.25, 0.3) is 5.91 Å². The van der Waals surface area contributed by atoms with Crippen molar-refractivity contribution in [2.45, 2.75) is 46.7 Å². The summed E-state index contributed by atoms with van der Waals surface area (Å²) in [4.78, 5) is 19.3. The van der Waals surface area contributed by atoms with E-state index in [1.807, 2.05) is 57.2 Å². The summed E-state index contributed by atoms with van der Waals surface area (Å²) < 4.78 is 12.7. The molecule has 1 aromatic carbocycles. The molecule has 3 aromatic rings. The number of benzene rings is 1. The molecule has 0 N–H and O–H groups in total. The summed E-state index contributed by atoms with van der Waals surface area (Å²) in [5, 5.41) is 8.21. The maximum absolute atomic E-state index is 13.3. The van der Waals surface area contributed by atoms with Gasteiger partial charge in [0.1, 0.15) is 0 Å². The molecule has 0 radical (unpaired) electrons. The van der Waals surface area contributed by atoms with Crippen LogP contribution in [0.25, 0.3) is 0 Å². The second kappa shape index (κ2) is 11.3. The van der Waals surface area contributed by atoms with Crippen LogP contribution in [-0.2, 0) is 29.1 Å². The fourth-order valence-corrected chi connectivity index (χ4v) is 3.23. The van der Waals surface area contributed by atoms with Crippen LogP contribution in [-0.4, -0.2) is 50.3 Å². The molecule has 0 fully saturated rings. The van der Waals surface area contributed by atoms with E-state index in [4.69, 9.17) is 9.47 Å². The van der Waals surface area contributed by atoms with E-state index in [-0.39, 0.29) is 11.6 Å². The minimum absolute atomic E-state index is 0.192. The minimum atomic E-state index is -0.432. The summed E-state index contributed by atoms with van der Waals surface area (Å²) >= 11 is 0. The molecular weight excluding hydrogens is 394 g/mol. The first kappa shape index (κ1) is 22.6. The van der Waals surface area contributed by atoms with Gasteiger partial charge in [0, 0.05) is 38.7 Å². The Morgan fingerprint density at radius 3 is 2.55 bits per heavy atom. The van der Waals surface area contributed by atoms with Gasteiger partial charge >= 0.3 is 0 Å². The van der Waals surface area contributed by atoms with Gasteiger partial charge in [0.2, 0.25) is 0 Å². The summed E-state index contributed by atoms with van der Waals surface area (Å²) in [5.41, 5.74) is 3.44. The number of aryl methyl sites for hydroxylation is 1. The third-order valence-electron chi connectivity index (χ3n) is 4.80. The number of nitrogens with zero attached hydrogens (tertiary/aromatic N) is 5. The van der Waals surface area contributed by atoms with E-state index in [2.05, 4.69) is 15.3 Å². The molecule has 8 nitrogen and oxygen atoms in total. The number of aromatic nitrogens is 4. The number of carbonyl (C=O) groups excluding carboxylic acids is 1. The lowest BCUT2D eigenvalue weighted by Crippen LogP contribution is -2.30. The van der Waals surface area contributed by atoms with Crippen molar-refractivity contribution in [2.75, 3.05) is 13.2 Å². The van der Waals surface area contributed by atoms with E-state index in [0.717, 1.165) is 16.7 Å². The topological polar surface area (TPSA) is 82.4 Å². The van der Waals surface area contributed by atoms with Crippen molar-refractivity contribution >= 4 is 5.91 Å². The predicted octanol–water partition coefficient (Wildman–Crippen LogP) is 3.22. The van der Waals surface area contributed by atoms with Crippen molar-refractivity contribution in [2.24, 2.45) is 0 Å². The molecule has 0 saturated heterocycles. The van der Waals surface area contributed by atoms with Crippen molar-refractivity contribution in [3.05, 3.63) is 77.4 Å². The van der Waals surface area contributed by atoms with Gasteiger partial charge < -0.3 is 14.4 Å². The minimum Gasteiger partial charge on any atom is -0.351 e. The van der Waals surface area contributed by atoms with Crippen LogP contribution in [0.15, 0.2) is 55.0 Å². The zero-order valence-electron chi connectivity index (χ0n) is 18.3. The lowest BCUT2D eigenvalue weighted by atomic mass is 10.1. The summed E-state index contributed by atoms with van der Waals surface area (Å²) in [6.07, 6.45) is 4.69. The van der Waals surface area contributed by atoms with Crippen molar-refractivity contribution in [3.8, 4) is 0 Å². The van der Waals surface area contributed by atoms with Crippen LogP contribution in [0.5, 0.6) is 0 Å². The highest BCUT2D eigenvalue weighted by Crippen LogP contribution is 2.16. The number of hydrogen-bond donors (Lipinski definition) is 0. The quantitative estimate of drug-likeness (QED) is 0.441. The maximum Gasteiger partial charge on any atom is 0.276 e. The molecular formula is C23H29N5O3. The molecule has 2 aromatic heterocycles. The molecule has 0 aliphatic heterocycles. The zero-order chi connectivity index (χ0) is 22.1. The fourth-order valence-electron chi connectivity index (χ4n) is 3.23. The predicted molar refractivity (Wildman–Crippen MR) is 116 cm³/mol. The Labute approximate surface area is 182 Å². The molecule has 3 rings (SSSR count). The Morgan fingerprint density at radius 1 is 1.10 bits per heavy atom. The summed E-state index contributed by atoms with van der Waals surface area (Å²) in [7, 11) is 0. The molecule has 0 aliphatic carbocycles. The molecule has 0 bridgehead atoms. The highest BCUT2D eigenvalue weighted by molar-refractivity contribution is 5.91. The van der Waals surface area contributed by atoms with Gasteiger partial charge in [-0.15, -0.1) is 5.10 Å². The van der Waals surface area contributed by atoms with E-state index >= 15 is 0 Å². The van der Waals surface area contributed by atoms with Gasteiger partial charge in [-0.1, -0.05) is 35.5 Å². The molecule has 164 valence electrons. The van der Waals surface area contributed by atoms with E-state index in [1.165, 1.54) is 0 Å². The lowest BCUT2D eigenvalue weighted by molar-refractivity contribution is -0.145. The van der Waals surface area contributed by atoms with Gasteiger partial charge in [0.15, 0.2) is 12.0 Å². The Bertz CT molecular complexity index is 955. The first-order valence-electron chi connectivity index (χ1n) is 10.5. The number of rotatable bonds is 11. The Kier molecular flexibility index (Phi) is 8.26. The van der Waals surface area contributed by atoms with E-state index in [0.29, 0.717) is 32.8 Å². The van der Waals surface area contributed by atoms with Gasteiger partial charge in [-0.25, -0.2) is 4.68 Å². The van der Waals surface area contributed by atoms with Gasteiger partial charge in [-0.3, -0.25) is 9.78 Å². The molecule has 8 heteroatoms. The normalized spacial score (nSPS) is 11.1. The molecule has 0 unspecified atom stereocenters. The van der Waals surface area contributed by atoms with Crippen LogP contribution in [0.3, 0.4) is 0 Å². The van der Waals surface area contributed by atoms with Gasteiger partial charge in [-0.05, 0) is 43.5 Å². The number of hydrogen-bond acceptors (Lipinski definition) is 6. The van der Waals surface area contributed by atoms with E-state index in [1.54, 1.807) is 28.2 Å². The van der Waals surface area contributed by atoms with E-state index in [9.17, 15) is 4.79 Å². The Balaban J connectivity index is 1.79. The standard InChI is InChI=1S/C23H29N5O3/c1-4-30-22(31-5-2)17-28-16-21(25-26-28)23(29)27(14-19-10-8-12-24-13-19)15-20-11-7-6-9-18(20)3/h6-13,16,22H,4-5,14-15,17H2,1-3H3. The largest absolute Gasteiger partial charge is 0.351 e. The maximum atomic E-state index is 13.3. The number of amides is 1. The van der Waals surface area contributed by atoms with Gasteiger partial charge in [0.05, 0.1) is 12.7 Å². The van der Waals surface area contributed by atoms with Crippen LogP contribution < -0.4 is 0 Å². The monoisotopic (exact) mass is 423 g/mol. The zero-order valence-corrected chi connectivity index (χ0v) is 18.3. The second-order valence-electron chi connectivity index (χ2n) is 7.12. The number of ether oxygens (including phenoxy) is 2. The molecule has 0 spiro atoms. The fraction of sp³-hybridized carbons (Fsp3) is 0.391. The highest BCUT2D eigenvalue weighted by Gasteiger charge is 2.21. The molecule has 31 heavy (non-hydrogen) atoms. The highest BCUT2D eigenvalue weighted by atomic mass is 16.7. The third kappa shape index (κ3) is 6.44. The van der Waals surface area contributed by atoms with Crippen molar-refractivity contribution in [3.63, 3.8) is 0 Å². The first-order chi connectivity index (χ1) is 15.1. The van der Waals surface area contributed by atoms with Crippen LogP contribution >= 0.6 is 0 Å². The number of carbonyl (C=O) groups is 1. The van der Waals surface area contributed by atoms with Crippen LogP contribution in [0.2, 0.25) is 0 Å². The molecule has 0 saturated carbocycles.